The molecule has 0 amide bonds. The van der Waals surface area contributed by atoms with Crippen LogP contribution in [0.15, 0.2) is 206 Å². The third kappa shape index (κ3) is 5.33. The summed E-state index contributed by atoms with van der Waals surface area (Å²) in [5.41, 5.74) is 12.5. The number of hydrogen-bond donors (Lipinski definition) is 0. The van der Waals surface area contributed by atoms with Gasteiger partial charge in [0.2, 0.25) is 0 Å². The van der Waals surface area contributed by atoms with Gasteiger partial charge in [-0.3, -0.25) is 0 Å². The molecule has 62 heavy (non-hydrogen) atoms. The van der Waals surface area contributed by atoms with Crippen molar-refractivity contribution in [2.45, 2.75) is 26.2 Å². The fourth-order valence-electron chi connectivity index (χ4n) is 11.0. The third-order valence-corrected chi connectivity index (χ3v) is 21.1. The summed E-state index contributed by atoms with van der Waals surface area (Å²) < 4.78 is 0. The first-order valence-electron chi connectivity index (χ1n) is 21.9. The monoisotopic (exact) mass is 826 g/mol. The van der Waals surface area contributed by atoms with Gasteiger partial charge in [-0.2, -0.15) is 0 Å². The Hall–Kier alpha value is -6.99. The molecule has 0 fully saturated rings. The number of fused-ring (bicyclic) bond motifs is 7. The molecule has 0 atom stereocenters. The van der Waals surface area contributed by atoms with E-state index in [0.717, 1.165) is 0 Å². The maximum absolute atomic E-state index is 2.53. The van der Waals surface area contributed by atoms with Gasteiger partial charge in [-0.25, -0.2) is 0 Å². The molecule has 296 valence electrons. The topological polar surface area (TPSA) is 6.48 Å². The minimum absolute atomic E-state index is 1.17. The summed E-state index contributed by atoms with van der Waals surface area (Å²) in [7, 11) is -3.91. The number of nitrogens with zero attached hydrogens (tertiary/aromatic N) is 2. The zero-order chi connectivity index (χ0) is 41.7. The minimum atomic E-state index is -1.96. The first-order chi connectivity index (χ1) is 30.3. The van der Waals surface area contributed by atoms with E-state index in [-0.39, 0.29) is 0 Å². The Balaban J connectivity index is 1.20. The zero-order valence-electron chi connectivity index (χ0n) is 35.5. The molecule has 12 rings (SSSR count). The summed E-state index contributed by atoms with van der Waals surface area (Å²) in [6.45, 7) is 9.99. The maximum atomic E-state index is 2.53. The Morgan fingerprint density at radius 3 is 1.23 bits per heavy atom. The SMILES string of the molecule is C[Si]1(C)c2ccccc2N(c2ccc3c(-c4cccc5ccccc45)c4cc(N5c6ccccc6[Si](C)(C)c6ccccc65)ccc4c(-c4ccccc4)c3c2)c2ccccc21. The second kappa shape index (κ2) is 13.8. The van der Waals surface area contributed by atoms with Crippen LogP contribution in [-0.2, 0) is 0 Å². The van der Waals surface area contributed by atoms with Crippen molar-refractivity contribution in [1.29, 1.82) is 0 Å². The molecule has 10 aromatic carbocycles. The summed E-state index contributed by atoms with van der Waals surface area (Å²) in [5, 5.41) is 13.4. The lowest BCUT2D eigenvalue weighted by Gasteiger charge is -2.41. The second-order valence-electron chi connectivity index (χ2n) is 18.1. The largest absolute Gasteiger partial charge is 0.311 e. The normalized spacial score (nSPS) is 14.6. The predicted molar refractivity (Wildman–Crippen MR) is 273 cm³/mol. The molecule has 2 aliphatic rings. The number of anilines is 6. The molecule has 0 N–H and O–H groups in total. The quantitative estimate of drug-likeness (QED) is 0.129. The molecule has 0 radical (unpaired) electrons. The number of benzene rings is 10. The van der Waals surface area contributed by atoms with E-state index < -0.39 is 16.1 Å². The molecular formula is C58H46N2Si2. The van der Waals surface area contributed by atoms with E-state index in [1.54, 1.807) is 0 Å². The third-order valence-electron chi connectivity index (χ3n) is 14.0. The van der Waals surface area contributed by atoms with E-state index in [4.69, 9.17) is 0 Å². The van der Waals surface area contributed by atoms with Crippen LogP contribution < -0.4 is 30.5 Å². The average molecular weight is 827 g/mol. The van der Waals surface area contributed by atoms with E-state index in [1.807, 2.05) is 0 Å². The second-order valence-corrected chi connectivity index (χ2v) is 26.7. The van der Waals surface area contributed by atoms with Crippen LogP contribution in [0.2, 0.25) is 26.2 Å². The Morgan fingerprint density at radius 1 is 0.306 bits per heavy atom. The molecule has 0 aromatic heterocycles. The van der Waals surface area contributed by atoms with Gasteiger partial charge in [-0.15, -0.1) is 0 Å². The van der Waals surface area contributed by atoms with Crippen molar-refractivity contribution in [2.24, 2.45) is 0 Å². The van der Waals surface area contributed by atoms with Gasteiger partial charge in [-0.1, -0.05) is 184 Å². The molecule has 2 nitrogen and oxygen atoms in total. The standard InChI is InChI=1S/C58H46N2Si2/c1-61(2)53-29-14-10-25-49(53)59(50-26-11-15-30-54(50)61)41-34-36-46-47(37-41)57(40-20-6-5-7-21-40)45-35-33-42(38-48(45)58(46)44-24-18-22-39-19-8-9-23-43(39)44)60-51-27-12-16-31-55(51)62(3,4)56-32-17-13-28-52(56)60/h5-38H,1-4H3. The number of hydrogen-bond acceptors (Lipinski definition) is 2. The highest BCUT2D eigenvalue weighted by molar-refractivity contribution is 7.03. The minimum Gasteiger partial charge on any atom is -0.311 e. The van der Waals surface area contributed by atoms with Crippen LogP contribution in [0.5, 0.6) is 0 Å². The van der Waals surface area contributed by atoms with Crippen LogP contribution in [0, 0.1) is 0 Å². The van der Waals surface area contributed by atoms with Gasteiger partial charge in [-0.05, 0) is 124 Å². The molecule has 0 bridgehead atoms. The van der Waals surface area contributed by atoms with Crippen molar-refractivity contribution in [3.05, 3.63) is 206 Å². The average Bonchev–Trinajstić information content (AvgIpc) is 3.31. The summed E-state index contributed by atoms with van der Waals surface area (Å²) >= 11 is 0. The van der Waals surface area contributed by atoms with Crippen molar-refractivity contribution in [2.75, 3.05) is 9.80 Å². The molecule has 0 aliphatic carbocycles. The van der Waals surface area contributed by atoms with Gasteiger partial charge in [0.15, 0.2) is 0 Å². The fourth-order valence-corrected chi connectivity index (χ4v) is 17.0. The Bertz CT molecular complexity index is 3340. The van der Waals surface area contributed by atoms with Crippen molar-refractivity contribution in [3.63, 3.8) is 0 Å². The summed E-state index contributed by atoms with van der Waals surface area (Å²) in [5.74, 6) is 0. The molecule has 0 spiro atoms. The van der Waals surface area contributed by atoms with Gasteiger partial charge in [0.1, 0.15) is 16.1 Å². The van der Waals surface area contributed by atoms with Gasteiger partial charge < -0.3 is 9.80 Å². The Labute approximate surface area is 366 Å². The van der Waals surface area contributed by atoms with Gasteiger partial charge >= 0.3 is 0 Å². The van der Waals surface area contributed by atoms with Gasteiger partial charge in [0.25, 0.3) is 0 Å². The smallest absolute Gasteiger partial charge is 0.117 e. The van der Waals surface area contributed by atoms with Gasteiger partial charge in [0, 0.05) is 34.1 Å². The van der Waals surface area contributed by atoms with E-state index in [1.165, 1.54) is 109 Å². The summed E-state index contributed by atoms with van der Waals surface area (Å²) in [4.78, 5) is 5.05. The lowest BCUT2D eigenvalue weighted by molar-refractivity contribution is 1.29. The first-order valence-corrected chi connectivity index (χ1v) is 27.9. The fraction of sp³-hybridized carbons (Fsp3) is 0.0690. The highest BCUT2D eigenvalue weighted by atomic mass is 28.3. The van der Waals surface area contributed by atoms with Crippen molar-refractivity contribution < 1.29 is 0 Å². The molecule has 10 aromatic rings. The zero-order valence-corrected chi connectivity index (χ0v) is 37.5. The van der Waals surface area contributed by atoms with Gasteiger partial charge in [0.05, 0.1) is 0 Å². The number of rotatable bonds is 4. The summed E-state index contributed by atoms with van der Waals surface area (Å²) in [6.07, 6.45) is 0. The molecule has 4 heteroatoms. The van der Waals surface area contributed by atoms with Crippen LogP contribution in [0.3, 0.4) is 0 Å². The molecule has 0 saturated carbocycles. The van der Waals surface area contributed by atoms with Crippen molar-refractivity contribution in [3.8, 4) is 22.3 Å². The number of para-hydroxylation sites is 4. The van der Waals surface area contributed by atoms with Crippen molar-refractivity contribution >= 4 is 103 Å². The molecular weight excluding hydrogens is 781 g/mol. The van der Waals surface area contributed by atoms with E-state index in [9.17, 15) is 0 Å². The van der Waals surface area contributed by atoms with E-state index in [2.05, 4.69) is 242 Å². The van der Waals surface area contributed by atoms with Crippen LogP contribution >= 0.6 is 0 Å². The highest BCUT2D eigenvalue weighted by Gasteiger charge is 2.40. The first kappa shape index (κ1) is 36.8. The lowest BCUT2D eigenvalue weighted by atomic mass is 9.84. The molecule has 2 heterocycles. The Morgan fingerprint density at radius 2 is 0.710 bits per heavy atom. The van der Waals surface area contributed by atoms with Crippen LogP contribution in [-0.4, -0.2) is 16.1 Å². The van der Waals surface area contributed by atoms with E-state index >= 15 is 0 Å². The lowest BCUT2D eigenvalue weighted by Crippen LogP contribution is -2.58. The molecule has 2 aliphatic heterocycles. The maximum Gasteiger partial charge on any atom is 0.117 e. The molecule has 0 unspecified atom stereocenters. The van der Waals surface area contributed by atoms with Crippen LogP contribution in [0.1, 0.15) is 0 Å². The van der Waals surface area contributed by atoms with Crippen molar-refractivity contribution in [1.82, 2.24) is 0 Å². The highest BCUT2D eigenvalue weighted by Crippen LogP contribution is 2.50. The van der Waals surface area contributed by atoms with E-state index in [0.29, 0.717) is 0 Å². The van der Waals surface area contributed by atoms with Crippen LogP contribution in [0.4, 0.5) is 34.1 Å². The predicted octanol–water partition coefficient (Wildman–Crippen LogP) is 13.7. The summed E-state index contributed by atoms with van der Waals surface area (Å²) in [6, 6.07) is 77.8. The Kier molecular flexibility index (Phi) is 8.18. The van der Waals surface area contributed by atoms with Crippen LogP contribution in [0.25, 0.3) is 54.6 Å². The molecule has 0 saturated heterocycles.